The third-order valence-corrected chi connectivity index (χ3v) is 2.53. The van der Waals surface area contributed by atoms with Gasteiger partial charge in [-0.3, -0.25) is 9.48 Å². The van der Waals surface area contributed by atoms with Crippen molar-refractivity contribution in [1.29, 1.82) is 0 Å². The molecule has 2 aromatic rings. The molecule has 6 nitrogen and oxygen atoms in total. The number of hydrogen-bond donors (Lipinski definition) is 3. The maximum absolute atomic E-state index is 12.0. The van der Waals surface area contributed by atoms with Gasteiger partial charge in [0.25, 0.3) is 5.91 Å². The maximum atomic E-state index is 12.0. The van der Waals surface area contributed by atoms with E-state index in [0.717, 1.165) is 6.54 Å². The zero-order valence-electron chi connectivity index (χ0n) is 10.1. The molecule has 1 heterocycles. The number of carbonyl (C=O) groups is 1. The van der Waals surface area contributed by atoms with Gasteiger partial charge in [0.1, 0.15) is 0 Å². The first kappa shape index (κ1) is 12.0. The van der Waals surface area contributed by atoms with E-state index in [0.29, 0.717) is 22.8 Å². The molecule has 94 valence electrons. The molecular formula is C12H15N5O. The second-order valence-electron chi connectivity index (χ2n) is 3.86. The third-order valence-electron chi connectivity index (χ3n) is 2.53. The number of rotatable bonds is 3. The molecule has 0 atom stereocenters. The van der Waals surface area contributed by atoms with Crippen LogP contribution in [0.3, 0.4) is 0 Å². The molecule has 6 heteroatoms. The summed E-state index contributed by atoms with van der Waals surface area (Å²) in [6, 6.07) is 6.52. The fourth-order valence-corrected chi connectivity index (χ4v) is 1.58. The van der Waals surface area contributed by atoms with Crippen molar-refractivity contribution in [2.45, 2.75) is 13.5 Å². The molecule has 0 saturated carbocycles. The number of nitrogens with one attached hydrogen (secondary N) is 1. The van der Waals surface area contributed by atoms with Gasteiger partial charge < -0.3 is 16.8 Å². The third kappa shape index (κ3) is 2.42. The van der Waals surface area contributed by atoms with Gasteiger partial charge in [-0.1, -0.05) is 0 Å². The summed E-state index contributed by atoms with van der Waals surface area (Å²) in [4.78, 5) is 12.0. The normalized spacial score (nSPS) is 10.3. The second kappa shape index (κ2) is 4.79. The SMILES string of the molecule is CCn1ccc(NC(=O)c2ccc(N)cc2N)n1. The van der Waals surface area contributed by atoms with Gasteiger partial charge in [0, 0.05) is 30.2 Å². The van der Waals surface area contributed by atoms with Crippen LogP contribution >= 0.6 is 0 Å². The Morgan fingerprint density at radius 3 is 2.78 bits per heavy atom. The first-order chi connectivity index (χ1) is 8.60. The average Bonchev–Trinajstić information content (AvgIpc) is 2.76. The molecule has 1 aromatic heterocycles. The van der Waals surface area contributed by atoms with Crippen molar-refractivity contribution in [3.05, 3.63) is 36.0 Å². The Morgan fingerprint density at radius 2 is 2.17 bits per heavy atom. The highest BCUT2D eigenvalue weighted by atomic mass is 16.1. The molecule has 2 rings (SSSR count). The summed E-state index contributed by atoms with van der Waals surface area (Å²) in [5.74, 6) is 0.201. The molecule has 1 aromatic carbocycles. The van der Waals surface area contributed by atoms with E-state index in [2.05, 4.69) is 10.4 Å². The van der Waals surface area contributed by atoms with Crippen molar-refractivity contribution >= 4 is 23.1 Å². The first-order valence-electron chi connectivity index (χ1n) is 5.60. The summed E-state index contributed by atoms with van der Waals surface area (Å²) in [6.07, 6.45) is 1.79. The van der Waals surface area contributed by atoms with Crippen LogP contribution in [0.1, 0.15) is 17.3 Å². The van der Waals surface area contributed by atoms with Crippen LogP contribution in [0.2, 0.25) is 0 Å². The lowest BCUT2D eigenvalue weighted by atomic mass is 10.1. The Bertz CT molecular complexity index is 576. The highest BCUT2D eigenvalue weighted by molar-refractivity contribution is 6.07. The molecule has 0 spiro atoms. The van der Waals surface area contributed by atoms with E-state index in [-0.39, 0.29) is 5.91 Å². The number of hydrogen-bond acceptors (Lipinski definition) is 4. The zero-order chi connectivity index (χ0) is 13.1. The monoisotopic (exact) mass is 245 g/mol. The Balaban J connectivity index is 2.16. The molecule has 1 amide bonds. The van der Waals surface area contributed by atoms with E-state index in [9.17, 15) is 4.79 Å². The number of amides is 1. The second-order valence-corrected chi connectivity index (χ2v) is 3.86. The van der Waals surface area contributed by atoms with Crippen LogP contribution in [0.25, 0.3) is 0 Å². The van der Waals surface area contributed by atoms with Crippen molar-refractivity contribution in [3.8, 4) is 0 Å². The molecule has 0 fully saturated rings. The quantitative estimate of drug-likeness (QED) is 0.710. The predicted molar refractivity (Wildman–Crippen MR) is 71.1 cm³/mol. The van der Waals surface area contributed by atoms with Gasteiger partial charge in [0.05, 0.1) is 5.56 Å². The summed E-state index contributed by atoms with van der Waals surface area (Å²) in [5.41, 5.74) is 12.6. The van der Waals surface area contributed by atoms with E-state index in [1.54, 1.807) is 35.1 Å². The molecule has 0 aliphatic rings. The number of anilines is 3. The molecule has 0 radical (unpaired) electrons. The summed E-state index contributed by atoms with van der Waals surface area (Å²) >= 11 is 0. The minimum atomic E-state index is -0.297. The number of aromatic nitrogens is 2. The van der Waals surface area contributed by atoms with Crippen molar-refractivity contribution in [1.82, 2.24) is 9.78 Å². The van der Waals surface area contributed by atoms with Crippen molar-refractivity contribution < 1.29 is 4.79 Å². The highest BCUT2D eigenvalue weighted by Crippen LogP contribution is 2.17. The van der Waals surface area contributed by atoms with Crippen LogP contribution in [0.4, 0.5) is 17.2 Å². The number of aryl methyl sites for hydroxylation is 1. The van der Waals surface area contributed by atoms with E-state index in [1.807, 2.05) is 6.92 Å². The Kier molecular flexibility index (Phi) is 3.18. The van der Waals surface area contributed by atoms with E-state index >= 15 is 0 Å². The van der Waals surface area contributed by atoms with Crippen molar-refractivity contribution in [3.63, 3.8) is 0 Å². The zero-order valence-corrected chi connectivity index (χ0v) is 10.1. The van der Waals surface area contributed by atoms with Gasteiger partial charge >= 0.3 is 0 Å². The smallest absolute Gasteiger partial charge is 0.258 e. The molecule has 18 heavy (non-hydrogen) atoms. The van der Waals surface area contributed by atoms with Crippen LogP contribution in [0.15, 0.2) is 30.5 Å². The molecule has 0 aliphatic heterocycles. The number of nitrogens with two attached hydrogens (primary N) is 2. The average molecular weight is 245 g/mol. The van der Waals surface area contributed by atoms with E-state index < -0.39 is 0 Å². The topological polar surface area (TPSA) is 99.0 Å². The van der Waals surface area contributed by atoms with Crippen LogP contribution in [0, 0.1) is 0 Å². The van der Waals surface area contributed by atoms with Gasteiger partial charge in [-0.2, -0.15) is 5.10 Å². The fraction of sp³-hybridized carbons (Fsp3) is 0.167. The van der Waals surface area contributed by atoms with Gasteiger partial charge in [-0.15, -0.1) is 0 Å². The minimum Gasteiger partial charge on any atom is -0.399 e. The number of nitrogens with zero attached hydrogens (tertiary/aromatic N) is 2. The van der Waals surface area contributed by atoms with Gasteiger partial charge in [0.15, 0.2) is 5.82 Å². The van der Waals surface area contributed by atoms with Crippen LogP contribution < -0.4 is 16.8 Å². The lowest BCUT2D eigenvalue weighted by Gasteiger charge is -2.06. The fourth-order valence-electron chi connectivity index (χ4n) is 1.58. The standard InChI is InChI=1S/C12H15N5O/c1-2-17-6-5-11(16-17)15-12(18)9-4-3-8(13)7-10(9)14/h3-7H,2,13-14H2,1H3,(H,15,16,18). The van der Waals surface area contributed by atoms with Gasteiger partial charge in [-0.25, -0.2) is 0 Å². The van der Waals surface area contributed by atoms with Crippen LogP contribution in [-0.2, 0) is 6.54 Å². The Morgan fingerprint density at radius 1 is 1.39 bits per heavy atom. The summed E-state index contributed by atoms with van der Waals surface area (Å²) in [6.45, 7) is 2.72. The van der Waals surface area contributed by atoms with Gasteiger partial charge in [-0.05, 0) is 25.1 Å². The molecule has 0 bridgehead atoms. The number of carbonyl (C=O) groups excluding carboxylic acids is 1. The predicted octanol–water partition coefficient (Wildman–Crippen LogP) is 1.32. The maximum Gasteiger partial charge on any atom is 0.258 e. The van der Waals surface area contributed by atoms with E-state index in [1.165, 1.54) is 0 Å². The number of benzene rings is 1. The van der Waals surface area contributed by atoms with Crippen molar-refractivity contribution in [2.75, 3.05) is 16.8 Å². The molecule has 5 N–H and O–H groups in total. The number of nitrogen functional groups attached to an aromatic ring is 2. The lowest BCUT2D eigenvalue weighted by molar-refractivity contribution is 0.102. The molecule has 0 aliphatic carbocycles. The van der Waals surface area contributed by atoms with E-state index in [4.69, 9.17) is 11.5 Å². The highest BCUT2D eigenvalue weighted by Gasteiger charge is 2.11. The minimum absolute atomic E-state index is 0.297. The summed E-state index contributed by atoms with van der Waals surface area (Å²) in [7, 11) is 0. The molecule has 0 saturated heterocycles. The van der Waals surface area contributed by atoms with Crippen LogP contribution in [-0.4, -0.2) is 15.7 Å². The molecular weight excluding hydrogens is 230 g/mol. The Hall–Kier alpha value is -2.50. The Labute approximate surface area is 105 Å². The summed E-state index contributed by atoms with van der Waals surface area (Å²) in [5, 5.41) is 6.84. The first-order valence-corrected chi connectivity index (χ1v) is 5.60. The summed E-state index contributed by atoms with van der Waals surface area (Å²) < 4.78 is 1.72. The van der Waals surface area contributed by atoms with Gasteiger partial charge in [0.2, 0.25) is 0 Å². The largest absolute Gasteiger partial charge is 0.399 e. The van der Waals surface area contributed by atoms with Crippen molar-refractivity contribution in [2.24, 2.45) is 0 Å². The van der Waals surface area contributed by atoms with Crippen LogP contribution in [0.5, 0.6) is 0 Å². The molecule has 0 unspecified atom stereocenters. The lowest BCUT2D eigenvalue weighted by Crippen LogP contribution is -2.14.